The van der Waals surface area contributed by atoms with Gasteiger partial charge in [-0.25, -0.2) is 0 Å². The number of piperidine rings is 1. The summed E-state index contributed by atoms with van der Waals surface area (Å²) in [5.41, 5.74) is 1.84. The van der Waals surface area contributed by atoms with Crippen molar-refractivity contribution in [2.75, 3.05) is 18.4 Å². The second-order valence-corrected chi connectivity index (χ2v) is 8.98. The summed E-state index contributed by atoms with van der Waals surface area (Å²) < 4.78 is 29.1. The van der Waals surface area contributed by atoms with Crippen molar-refractivity contribution in [3.05, 3.63) is 54.1 Å². The van der Waals surface area contributed by atoms with Crippen LogP contribution in [0.1, 0.15) is 55.3 Å². The van der Waals surface area contributed by atoms with E-state index in [1.807, 2.05) is 23.1 Å². The fourth-order valence-corrected chi connectivity index (χ4v) is 4.73. The van der Waals surface area contributed by atoms with Gasteiger partial charge in [0.2, 0.25) is 5.91 Å². The first-order valence-electron chi connectivity index (χ1n) is 12.0. The molecule has 1 saturated heterocycles. The molecule has 2 amide bonds. The molecule has 0 aromatic heterocycles. The molecule has 4 rings (SSSR count). The van der Waals surface area contributed by atoms with Crippen molar-refractivity contribution in [1.29, 1.82) is 0 Å². The molecule has 0 atom stereocenters. The number of anilines is 2. The van der Waals surface area contributed by atoms with Gasteiger partial charge < -0.3 is 20.3 Å². The minimum absolute atomic E-state index is 0.0715. The van der Waals surface area contributed by atoms with Crippen molar-refractivity contribution in [1.82, 2.24) is 10.2 Å². The maximum Gasteiger partial charge on any atom is 0.387 e. The van der Waals surface area contributed by atoms with Crippen LogP contribution >= 0.6 is 0 Å². The Morgan fingerprint density at radius 1 is 0.912 bits per heavy atom. The summed E-state index contributed by atoms with van der Waals surface area (Å²) in [7, 11) is 0. The first-order valence-corrected chi connectivity index (χ1v) is 12.0. The summed E-state index contributed by atoms with van der Waals surface area (Å²) in [6.07, 6.45) is 6.93. The molecule has 1 saturated carbocycles. The number of benzene rings is 2. The number of hydrogen-bond acceptors (Lipinski definition) is 4. The third-order valence-corrected chi connectivity index (χ3v) is 6.62. The molecule has 6 nitrogen and oxygen atoms in total. The average Bonchev–Trinajstić information content (AvgIpc) is 2.86. The number of rotatable bonds is 7. The van der Waals surface area contributed by atoms with E-state index in [4.69, 9.17) is 0 Å². The van der Waals surface area contributed by atoms with Gasteiger partial charge in [0.1, 0.15) is 5.75 Å². The van der Waals surface area contributed by atoms with Gasteiger partial charge >= 0.3 is 6.61 Å². The van der Waals surface area contributed by atoms with Crippen molar-refractivity contribution in [3.63, 3.8) is 0 Å². The van der Waals surface area contributed by atoms with Crippen molar-refractivity contribution in [2.24, 2.45) is 5.92 Å². The first-order chi connectivity index (χ1) is 16.5. The molecule has 34 heavy (non-hydrogen) atoms. The zero-order chi connectivity index (χ0) is 23.9. The lowest BCUT2D eigenvalue weighted by Crippen LogP contribution is -2.48. The topological polar surface area (TPSA) is 70.7 Å². The molecule has 1 aliphatic heterocycles. The lowest BCUT2D eigenvalue weighted by atomic mass is 9.88. The number of ether oxygens (including phenoxy) is 1. The highest BCUT2D eigenvalue weighted by molar-refractivity contribution is 6.00. The molecule has 2 aromatic rings. The van der Waals surface area contributed by atoms with Gasteiger partial charge in [-0.05, 0) is 62.1 Å². The maximum atomic E-state index is 13.3. The summed E-state index contributed by atoms with van der Waals surface area (Å²) >= 11 is 0. The number of likely N-dealkylation sites (tertiary alicyclic amines) is 1. The Kier molecular flexibility index (Phi) is 7.98. The van der Waals surface area contributed by atoms with Gasteiger partial charge in [0.15, 0.2) is 0 Å². The number of alkyl halides is 2. The lowest BCUT2D eigenvalue weighted by molar-refractivity contribution is -0.126. The largest absolute Gasteiger partial charge is 0.435 e. The van der Waals surface area contributed by atoms with Crippen LogP contribution in [0, 0.1) is 5.92 Å². The van der Waals surface area contributed by atoms with Crippen LogP contribution in [0.15, 0.2) is 48.5 Å². The quantitative estimate of drug-likeness (QED) is 0.573. The van der Waals surface area contributed by atoms with E-state index in [1.54, 1.807) is 18.2 Å². The van der Waals surface area contributed by atoms with E-state index in [2.05, 4.69) is 15.4 Å². The predicted molar refractivity (Wildman–Crippen MR) is 126 cm³/mol. The molecule has 8 heteroatoms. The van der Waals surface area contributed by atoms with Crippen LogP contribution in [0.3, 0.4) is 0 Å². The van der Waals surface area contributed by atoms with Crippen molar-refractivity contribution in [3.8, 4) is 5.75 Å². The fraction of sp³-hybridized carbons (Fsp3) is 0.462. The van der Waals surface area contributed by atoms with Crippen LogP contribution in [-0.2, 0) is 4.79 Å². The molecule has 182 valence electrons. The zero-order valence-electron chi connectivity index (χ0n) is 19.1. The third kappa shape index (κ3) is 6.24. The van der Waals surface area contributed by atoms with Crippen LogP contribution in [0.4, 0.5) is 20.2 Å². The summed E-state index contributed by atoms with van der Waals surface area (Å²) in [6, 6.07) is 13.5. The predicted octanol–water partition coefficient (Wildman–Crippen LogP) is 5.33. The Morgan fingerprint density at radius 3 is 2.26 bits per heavy atom. The number of amides is 2. The Balaban J connectivity index is 1.33. The van der Waals surface area contributed by atoms with E-state index in [0.717, 1.165) is 38.5 Å². The van der Waals surface area contributed by atoms with Gasteiger partial charge in [-0.3, -0.25) is 9.59 Å². The number of hydrogen-bond donors (Lipinski definition) is 2. The number of halogens is 2. The molecule has 1 heterocycles. The summed E-state index contributed by atoms with van der Waals surface area (Å²) in [5.74, 6) is 0.313. The Bertz CT molecular complexity index is 970. The van der Waals surface area contributed by atoms with E-state index in [-0.39, 0.29) is 29.5 Å². The van der Waals surface area contributed by atoms with Gasteiger partial charge in [0.05, 0.1) is 11.3 Å². The van der Waals surface area contributed by atoms with Crippen molar-refractivity contribution in [2.45, 2.75) is 57.6 Å². The lowest BCUT2D eigenvalue weighted by Gasteiger charge is -2.34. The number of para-hydroxylation sites is 1. The van der Waals surface area contributed by atoms with E-state index >= 15 is 0 Å². The number of carbonyl (C=O) groups excluding carboxylic acids is 2. The molecular formula is C26H31F2N3O3. The summed E-state index contributed by atoms with van der Waals surface area (Å²) in [4.78, 5) is 27.6. The highest BCUT2D eigenvalue weighted by Crippen LogP contribution is 2.27. The Morgan fingerprint density at radius 2 is 1.59 bits per heavy atom. The maximum absolute atomic E-state index is 13.3. The van der Waals surface area contributed by atoms with Crippen molar-refractivity contribution < 1.29 is 23.1 Å². The molecule has 2 aliphatic rings. The smallest absolute Gasteiger partial charge is 0.387 e. The Labute approximate surface area is 198 Å². The van der Waals surface area contributed by atoms with E-state index < -0.39 is 6.61 Å². The minimum atomic E-state index is -2.87. The number of nitrogens with zero attached hydrogens (tertiary/aromatic N) is 1. The van der Waals surface area contributed by atoms with E-state index in [0.29, 0.717) is 30.0 Å². The molecule has 0 unspecified atom stereocenters. The van der Waals surface area contributed by atoms with E-state index in [9.17, 15) is 18.4 Å². The zero-order valence-corrected chi connectivity index (χ0v) is 19.1. The number of carbonyl (C=O) groups is 2. The van der Waals surface area contributed by atoms with Gasteiger partial charge in [-0.2, -0.15) is 8.78 Å². The molecular weight excluding hydrogens is 440 g/mol. The monoisotopic (exact) mass is 471 g/mol. The molecule has 2 N–H and O–H groups in total. The fourth-order valence-electron chi connectivity index (χ4n) is 4.73. The second-order valence-electron chi connectivity index (χ2n) is 8.98. The van der Waals surface area contributed by atoms with Crippen molar-refractivity contribution >= 4 is 23.2 Å². The van der Waals surface area contributed by atoms with Crippen LogP contribution in [0.2, 0.25) is 0 Å². The average molecular weight is 472 g/mol. The summed E-state index contributed by atoms with van der Waals surface area (Å²) in [6.45, 7) is -1.70. The van der Waals surface area contributed by atoms with Crippen LogP contribution in [0.5, 0.6) is 5.75 Å². The third-order valence-electron chi connectivity index (χ3n) is 6.62. The van der Waals surface area contributed by atoms with E-state index in [1.165, 1.54) is 18.6 Å². The first kappa shape index (κ1) is 24.0. The molecule has 2 aromatic carbocycles. The number of nitrogens with one attached hydrogen (secondary N) is 2. The van der Waals surface area contributed by atoms with Gasteiger partial charge in [-0.1, -0.05) is 31.4 Å². The minimum Gasteiger partial charge on any atom is -0.435 e. The molecule has 0 bridgehead atoms. The highest BCUT2D eigenvalue weighted by atomic mass is 19.3. The normalized spacial score (nSPS) is 17.4. The standard InChI is InChI=1S/C26H31F2N3O3/c27-26(28)34-21-12-10-19(11-13-21)29-23-9-5-4-8-22(23)25(33)31-16-14-20(15-17-31)30-24(32)18-6-2-1-3-7-18/h4-5,8-13,18,20,26,29H,1-3,6-7,14-17H2,(H,30,32). The van der Waals surface area contributed by atoms with Crippen LogP contribution in [-0.4, -0.2) is 42.5 Å². The highest BCUT2D eigenvalue weighted by Gasteiger charge is 2.28. The SMILES string of the molecule is O=C(NC1CCN(C(=O)c2ccccc2Nc2ccc(OC(F)F)cc2)CC1)C1CCCCC1. The van der Waals surface area contributed by atoms with Gasteiger partial charge in [-0.15, -0.1) is 0 Å². The molecule has 0 spiro atoms. The van der Waals surface area contributed by atoms with Gasteiger partial charge in [0.25, 0.3) is 5.91 Å². The molecule has 0 radical (unpaired) electrons. The second kappa shape index (κ2) is 11.3. The molecule has 1 aliphatic carbocycles. The Hall–Kier alpha value is -3.16. The van der Waals surface area contributed by atoms with Crippen LogP contribution in [0.25, 0.3) is 0 Å². The van der Waals surface area contributed by atoms with Crippen LogP contribution < -0.4 is 15.4 Å². The summed E-state index contributed by atoms with van der Waals surface area (Å²) in [5, 5.41) is 6.40. The molecule has 2 fully saturated rings. The van der Waals surface area contributed by atoms with Gasteiger partial charge in [0, 0.05) is 30.7 Å².